The Bertz CT molecular complexity index is 1240. The Morgan fingerprint density at radius 2 is 2.06 bits per heavy atom. The molecule has 2 N–H and O–H groups in total. The van der Waals surface area contributed by atoms with Crippen LogP contribution in [0.1, 0.15) is 25.1 Å². The molecular formula is C26H29N7O2. The lowest BCUT2D eigenvalue weighted by Crippen LogP contribution is -2.30. The van der Waals surface area contributed by atoms with Gasteiger partial charge in [0.25, 0.3) is 0 Å². The number of rotatable bonds is 7. The molecule has 2 aliphatic rings. The van der Waals surface area contributed by atoms with Gasteiger partial charge in [0, 0.05) is 31.8 Å². The molecular weight excluding hydrogens is 442 g/mol. The van der Waals surface area contributed by atoms with Crippen LogP contribution in [0.15, 0.2) is 48.8 Å². The van der Waals surface area contributed by atoms with Crippen molar-refractivity contribution in [3.05, 3.63) is 54.6 Å². The van der Waals surface area contributed by atoms with Gasteiger partial charge in [-0.25, -0.2) is 15.0 Å². The number of nitrogens with zero attached hydrogens (tertiary/aromatic N) is 5. The van der Waals surface area contributed by atoms with Crippen molar-refractivity contribution >= 4 is 22.9 Å². The summed E-state index contributed by atoms with van der Waals surface area (Å²) in [6.07, 6.45) is 8.56. The minimum absolute atomic E-state index is 0.0661. The molecule has 4 heterocycles. The van der Waals surface area contributed by atoms with Crippen LogP contribution in [-0.2, 0) is 4.79 Å². The fourth-order valence-electron chi connectivity index (χ4n) is 4.39. The Balaban J connectivity index is 1.16. The maximum Gasteiger partial charge on any atom is 0.246 e. The number of H-pyrrole nitrogens is 1. The Morgan fingerprint density at radius 3 is 2.91 bits per heavy atom. The van der Waals surface area contributed by atoms with E-state index in [9.17, 15) is 4.79 Å². The molecule has 0 spiro atoms. The second kappa shape index (κ2) is 11.0. The lowest BCUT2D eigenvalue weighted by atomic mass is 10.2. The molecule has 2 aliphatic heterocycles. The monoisotopic (exact) mass is 471 g/mol. The molecule has 2 saturated heterocycles. The summed E-state index contributed by atoms with van der Waals surface area (Å²) in [5.41, 5.74) is 1.25. The maximum absolute atomic E-state index is 12.6. The fourth-order valence-corrected chi connectivity index (χ4v) is 4.39. The molecule has 0 aliphatic carbocycles. The number of benzene rings is 1. The van der Waals surface area contributed by atoms with Gasteiger partial charge in [-0.05, 0) is 50.4 Å². The number of likely N-dealkylation sites (tertiary alicyclic amines) is 2. The predicted molar refractivity (Wildman–Crippen MR) is 134 cm³/mol. The van der Waals surface area contributed by atoms with Crippen molar-refractivity contribution in [2.45, 2.75) is 25.3 Å². The number of para-hydroxylation sites is 1. The SMILES string of the molecule is O=C(/C=C/CN1CCCC1)N1CCC(Nc2ncnc3[nH]c(C#CCOc4ccccc4)nc23)C1. The summed E-state index contributed by atoms with van der Waals surface area (Å²) >= 11 is 0. The van der Waals surface area contributed by atoms with Crippen molar-refractivity contribution in [1.82, 2.24) is 29.7 Å². The van der Waals surface area contributed by atoms with Crippen LogP contribution < -0.4 is 10.1 Å². The second-order valence-electron chi connectivity index (χ2n) is 8.73. The van der Waals surface area contributed by atoms with Gasteiger partial charge in [-0.15, -0.1) is 0 Å². The van der Waals surface area contributed by atoms with Gasteiger partial charge in [-0.1, -0.05) is 30.2 Å². The van der Waals surface area contributed by atoms with Gasteiger partial charge in [0.15, 0.2) is 22.8 Å². The molecule has 0 radical (unpaired) electrons. The van der Waals surface area contributed by atoms with Crippen molar-refractivity contribution in [3.63, 3.8) is 0 Å². The van der Waals surface area contributed by atoms with Crippen LogP contribution in [0, 0.1) is 11.8 Å². The van der Waals surface area contributed by atoms with Crippen molar-refractivity contribution in [2.75, 3.05) is 44.6 Å². The first-order chi connectivity index (χ1) is 17.2. The molecule has 1 aromatic carbocycles. The molecule has 2 fully saturated rings. The summed E-state index contributed by atoms with van der Waals surface area (Å²) in [5, 5.41) is 3.44. The van der Waals surface area contributed by atoms with E-state index < -0.39 is 0 Å². The highest BCUT2D eigenvalue weighted by Crippen LogP contribution is 2.20. The molecule has 1 atom stereocenters. The second-order valence-corrected chi connectivity index (χ2v) is 8.73. The first kappa shape index (κ1) is 22.9. The summed E-state index contributed by atoms with van der Waals surface area (Å²) in [5.74, 6) is 7.94. The van der Waals surface area contributed by atoms with E-state index in [2.05, 4.69) is 42.0 Å². The molecule has 5 rings (SSSR count). The standard InChI is InChI=1S/C26H29N7O2/c34-23(11-6-15-32-13-4-5-14-32)33-16-12-20(18-33)29-25-24-26(28-19-27-25)31-22(30-24)10-7-17-35-21-8-2-1-3-9-21/h1-3,6,8-9,11,19-20H,4-5,12-18H2,(H2,27,28,29,30,31)/b11-6+. The zero-order valence-corrected chi connectivity index (χ0v) is 19.6. The van der Waals surface area contributed by atoms with Crippen molar-refractivity contribution < 1.29 is 9.53 Å². The number of carbonyl (C=O) groups excluding carboxylic acids is 1. The summed E-state index contributed by atoms with van der Waals surface area (Å²) in [4.78, 5) is 33.2. The quantitative estimate of drug-likeness (QED) is 0.403. The number of amides is 1. The molecule has 1 unspecified atom stereocenters. The average Bonchev–Trinajstić information content (AvgIpc) is 3.64. The number of anilines is 1. The topological polar surface area (TPSA) is 99.3 Å². The molecule has 3 aromatic rings. The number of fused-ring (bicyclic) bond motifs is 1. The normalized spacial score (nSPS) is 18.2. The molecule has 180 valence electrons. The van der Waals surface area contributed by atoms with E-state index >= 15 is 0 Å². The van der Waals surface area contributed by atoms with Crippen LogP contribution in [-0.4, -0.2) is 81.0 Å². The minimum atomic E-state index is 0.0661. The maximum atomic E-state index is 12.6. The third-order valence-electron chi connectivity index (χ3n) is 6.21. The summed E-state index contributed by atoms with van der Waals surface area (Å²) in [6, 6.07) is 9.66. The summed E-state index contributed by atoms with van der Waals surface area (Å²) in [7, 11) is 0. The van der Waals surface area contributed by atoms with Crippen molar-refractivity contribution in [1.29, 1.82) is 0 Å². The van der Waals surface area contributed by atoms with Gasteiger partial charge in [0.1, 0.15) is 18.7 Å². The molecule has 35 heavy (non-hydrogen) atoms. The molecule has 1 amide bonds. The molecule has 9 heteroatoms. The van der Waals surface area contributed by atoms with Crippen LogP contribution in [0.3, 0.4) is 0 Å². The first-order valence-electron chi connectivity index (χ1n) is 12.1. The number of aromatic nitrogens is 4. The minimum Gasteiger partial charge on any atom is -0.481 e. The Labute approximate surface area is 204 Å². The zero-order valence-electron chi connectivity index (χ0n) is 19.6. The predicted octanol–water partition coefficient (Wildman–Crippen LogP) is 2.45. The first-order valence-corrected chi connectivity index (χ1v) is 12.1. The smallest absolute Gasteiger partial charge is 0.246 e. The van der Waals surface area contributed by atoms with E-state index in [1.54, 1.807) is 6.08 Å². The van der Waals surface area contributed by atoms with Crippen LogP contribution in [0.25, 0.3) is 11.2 Å². The lowest BCUT2D eigenvalue weighted by molar-refractivity contribution is -0.125. The van der Waals surface area contributed by atoms with Gasteiger partial charge in [0.05, 0.1) is 0 Å². The van der Waals surface area contributed by atoms with Crippen LogP contribution in [0.4, 0.5) is 5.82 Å². The highest BCUT2D eigenvalue weighted by Gasteiger charge is 2.26. The van der Waals surface area contributed by atoms with Crippen LogP contribution in [0.2, 0.25) is 0 Å². The van der Waals surface area contributed by atoms with Gasteiger partial charge in [-0.2, -0.15) is 0 Å². The van der Waals surface area contributed by atoms with Crippen LogP contribution >= 0.6 is 0 Å². The number of aromatic amines is 1. The van der Waals surface area contributed by atoms with E-state index in [4.69, 9.17) is 4.74 Å². The Kier molecular flexibility index (Phi) is 7.20. The largest absolute Gasteiger partial charge is 0.481 e. The van der Waals surface area contributed by atoms with Gasteiger partial charge < -0.3 is 19.9 Å². The number of imidazole rings is 1. The lowest BCUT2D eigenvalue weighted by Gasteiger charge is -2.16. The summed E-state index contributed by atoms with van der Waals surface area (Å²) < 4.78 is 5.60. The third kappa shape index (κ3) is 5.97. The highest BCUT2D eigenvalue weighted by molar-refractivity contribution is 5.88. The number of ether oxygens (including phenoxy) is 1. The number of hydrogen-bond acceptors (Lipinski definition) is 7. The van der Waals surface area contributed by atoms with Crippen LogP contribution in [0.5, 0.6) is 5.75 Å². The Morgan fingerprint density at radius 1 is 1.20 bits per heavy atom. The van der Waals surface area contributed by atoms with Gasteiger partial charge >= 0.3 is 0 Å². The van der Waals surface area contributed by atoms with Crippen molar-refractivity contribution in [2.24, 2.45) is 0 Å². The summed E-state index contributed by atoms with van der Waals surface area (Å²) in [6.45, 7) is 4.72. The van der Waals surface area contributed by atoms with Gasteiger partial charge in [0.2, 0.25) is 5.91 Å². The molecule has 2 aromatic heterocycles. The number of carbonyl (C=O) groups is 1. The Hall–Kier alpha value is -3.90. The van der Waals surface area contributed by atoms with Crippen molar-refractivity contribution in [3.8, 4) is 17.6 Å². The molecule has 0 bridgehead atoms. The van der Waals surface area contributed by atoms with E-state index in [-0.39, 0.29) is 18.6 Å². The average molecular weight is 472 g/mol. The van der Waals surface area contributed by atoms with E-state index in [0.29, 0.717) is 29.4 Å². The molecule has 0 saturated carbocycles. The number of hydrogen-bond donors (Lipinski definition) is 2. The van der Waals surface area contributed by atoms with E-state index in [1.165, 1.54) is 19.2 Å². The molecule has 9 nitrogen and oxygen atoms in total. The van der Waals surface area contributed by atoms with E-state index in [0.717, 1.165) is 38.3 Å². The third-order valence-corrected chi connectivity index (χ3v) is 6.21. The fraction of sp³-hybridized carbons (Fsp3) is 0.385. The van der Waals surface area contributed by atoms with E-state index in [1.807, 2.05) is 41.3 Å². The zero-order chi connectivity index (χ0) is 23.9. The number of nitrogens with one attached hydrogen (secondary N) is 2. The van der Waals surface area contributed by atoms with Gasteiger partial charge in [-0.3, -0.25) is 9.69 Å². The highest BCUT2D eigenvalue weighted by atomic mass is 16.5.